The Balaban J connectivity index is 1.76. The highest BCUT2D eigenvalue weighted by Crippen LogP contribution is 2.48. The first-order valence-corrected chi connectivity index (χ1v) is 12.1. The summed E-state index contributed by atoms with van der Waals surface area (Å²) in [5, 5.41) is 3.52. The van der Waals surface area contributed by atoms with E-state index >= 15 is 0 Å². The number of carbonyl (C=O) groups excluding carboxylic acids is 2. The van der Waals surface area contributed by atoms with Gasteiger partial charge in [-0.05, 0) is 65.9 Å². The predicted octanol–water partition coefficient (Wildman–Crippen LogP) is 6.35. The number of hydrogen-bond acceptors (Lipinski definition) is 4. The number of ketones is 1. The number of hydrogen-bond donors (Lipinski definition) is 1. The maximum absolute atomic E-state index is 14.1. The smallest absolute Gasteiger partial charge is 0.259 e. The third kappa shape index (κ3) is 4.28. The van der Waals surface area contributed by atoms with E-state index in [4.69, 9.17) is 0 Å². The van der Waals surface area contributed by atoms with Crippen LogP contribution in [-0.2, 0) is 4.79 Å². The van der Waals surface area contributed by atoms with E-state index in [0.29, 0.717) is 29.7 Å². The van der Waals surface area contributed by atoms with Crippen LogP contribution in [0, 0.1) is 11.2 Å². The van der Waals surface area contributed by atoms with Crippen LogP contribution in [-0.4, -0.2) is 25.8 Å². The molecule has 0 radical (unpaired) electrons. The number of para-hydroxylation sites is 2. The van der Waals surface area contributed by atoms with Crippen molar-refractivity contribution in [3.8, 4) is 0 Å². The number of rotatable bonds is 3. The molecule has 0 spiro atoms. The molecule has 2 aliphatic rings. The van der Waals surface area contributed by atoms with Gasteiger partial charge in [-0.15, -0.1) is 0 Å². The lowest BCUT2D eigenvalue weighted by Gasteiger charge is -2.37. The molecular formula is C30H30FN3O2. The average Bonchev–Trinajstić information content (AvgIpc) is 2.97. The molecule has 1 heterocycles. The lowest BCUT2D eigenvalue weighted by atomic mass is 9.73. The molecule has 0 saturated carbocycles. The van der Waals surface area contributed by atoms with Crippen molar-refractivity contribution in [2.45, 2.75) is 32.7 Å². The summed E-state index contributed by atoms with van der Waals surface area (Å²) in [6.45, 7) is 4.19. The number of anilines is 3. The number of Topliss-reactive ketones (excluding diaryl/α,β-unsaturated/α-hetero) is 1. The van der Waals surface area contributed by atoms with Crippen molar-refractivity contribution in [2.75, 3.05) is 29.2 Å². The molecule has 1 aliphatic heterocycles. The number of carbonyl (C=O) groups is 2. The number of amides is 1. The molecule has 1 aliphatic carbocycles. The van der Waals surface area contributed by atoms with Gasteiger partial charge in [-0.1, -0.05) is 38.1 Å². The van der Waals surface area contributed by atoms with Gasteiger partial charge in [0.2, 0.25) is 0 Å². The molecule has 184 valence electrons. The van der Waals surface area contributed by atoms with Crippen LogP contribution in [0.15, 0.2) is 84.1 Å². The van der Waals surface area contributed by atoms with Crippen molar-refractivity contribution in [2.24, 2.45) is 5.41 Å². The number of benzene rings is 3. The molecule has 1 N–H and O–H groups in total. The van der Waals surface area contributed by atoms with Crippen molar-refractivity contribution in [3.05, 3.63) is 101 Å². The van der Waals surface area contributed by atoms with Crippen molar-refractivity contribution >= 4 is 28.8 Å². The number of nitrogens with one attached hydrogen (secondary N) is 1. The Morgan fingerprint density at radius 1 is 0.972 bits per heavy atom. The summed E-state index contributed by atoms with van der Waals surface area (Å²) >= 11 is 0. The monoisotopic (exact) mass is 483 g/mol. The fourth-order valence-electron chi connectivity index (χ4n) is 5.21. The number of allylic oxidation sites excluding steroid dienone is 1. The third-order valence-electron chi connectivity index (χ3n) is 6.94. The maximum Gasteiger partial charge on any atom is 0.259 e. The zero-order valence-corrected chi connectivity index (χ0v) is 21.0. The van der Waals surface area contributed by atoms with E-state index in [1.54, 1.807) is 4.90 Å². The highest BCUT2D eigenvalue weighted by molar-refractivity contribution is 6.12. The van der Waals surface area contributed by atoms with Gasteiger partial charge in [0.1, 0.15) is 5.82 Å². The number of fused-ring (bicyclic) bond motifs is 1. The Labute approximate surface area is 211 Å². The summed E-state index contributed by atoms with van der Waals surface area (Å²) in [6, 6.07) is 20.5. The van der Waals surface area contributed by atoms with Crippen LogP contribution in [0.1, 0.15) is 48.7 Å². The standard InChI is InChI=1S/C30H30FN3O2/c1-30(2)17-24-27(26(35)18-30)28(19-11-15-22(16-12-19)33(3)4)34(25-8-6-5-7-23(25)32-24)29(36)20-9-13-21(31)14-10-20/h5-16,28,32H,17-18H2,1-4H3/t28-/m0/s1. The van der Waals surface area contributed by atoms with E-state index in [2.05, 4.69) is 19.2 Å². The first-order valence-electron chi connectivity index (χ1n) is 12.1. The number of halogens is 1. The van der Waals surface area contributed by atoms with Gasteiger partial charge in [-0.3, -0.25) is 14.5 Å². The molecule has 5 rings (SSSR count). The second kappa shape index (κ2) is 8.94. The van der Waals surface area contributed by atoms with Crippen molar-refractivity contribution in [1.29, 1.82) is 0 Å². The molecule has 6 heteroatoms. The highest BCUT2D eigenvalue weighted by atomic mass is 19.1. The molecule has 1 atom stereocenters. The van der Waals surface area contributed by atoms with Crippen LogP contribution < -0.4 is 15.1 Å². The van der Waals surface area contributed by atoms with E-state index in [0.717, 1.165) is 22.6 Å². The molecule has 0 aromatic heterocycles. The summed E-state index contributed by atoms with van der Waals surface area (Å²) in [5.41, 5.74) is 4.91. The van der Waals surface area contributed by atoms with Gasteiger partial charge in [0.25, 0.3) is 5.91 Å². The highest BCUT2D eigenvalue weighted by Gasteiger charge is 2.43. The Hall–Kier alpha value is -3.93. The zero-order chi connectivity index (χ0) is 25.6. The first kappa shape index (κ1) is 23.8. The van der Waals surface area contributed by atoms with Crippen molar-refractivity contribution in [1.82, 2.24) is 0 Å². The van der Waals surface area contributed by atoms with Gasteiger partial charge in [-0.2, -0.15) is 0 Å². The molecular weight excluding hydrogens is 453 g/mol. The van der Waals surface area contributed by atoms with Crippen LogP contribution in [0.3, 0.4) is 0 Å². The Morgan fingerprint density at radius 2 is 1.64 bits per heavy atom. The van der Waals surface area contributed by atoms with E-state index in [-0.39, 0.29) is 17.1 Å². The summed E-state index contributed by atoms with van der Waals surface area (Å²) < 4.78 is 13.7. The molecule has 1 amide bonds. The van der Waals surface area contributed by atoms with Gasteiger partial charge in [0.05, 0.1) is 17.4 Å². The van der Waals surface area contributed by atoms with Crippen LogP contribution in [0.25, 0.3) is 0 Å². The Bertz CT molecular complexity index is 1360. The molecule has 36 heavy (non-hydrogen) atoms. The fraction of sp³-hybridized carbons (Fsp3) is 0.267. The minimum Gasteiger partial charge on any atom is -0.378 e. The molecule has 0 saturated heterocycles. The molecule has 0 unspecified atom stereocenters. The SMILES string of the molecule is CN(C)c1ccc([C@H]2C3=C(CC(C)(C)CC3=O)Nc3ccccc3N2C(=O)c2ccc(F)cc2)cc1. The van der Waals surface area contributed by atoms with Crippen LogP contribution in [0.5, 0.6) is 0 Å². The van der Waals surface area contributed by atoms with E-state index in [9.17, 15) is 14.0 Å². The van der Waals surface area contributed by atoms with E-state index in [1.165, 1.54) is 24.3 Å². The largest absolute Gasteiger partial charge is 0.378 e. The fourth-order valence-corrected chi connectivity index (χ4v) is 5.21. The lowest BCUT2D eigenvalue weighted by molar-refractivity contribution is -0.118. The summed E-state index contributed by atoms with van der Waals surface area (Å²) in [6.07, 6.45) is 1.09. The third-order valence-corrected chi connectivity index (χ3v) is 6.94. The van der Waals surface area contributed by atoms with Gasteiger partial charge < -0.3 is 10.2 Å². The Kier molecular flexibility index (Phi) is 5.91. The molecule has 3 aromatic carbocycles. The lowest BCUT2D eigenvalue weighted by Crippen LogP contribution is -2.39. The predicted molar refractivity (Wildman–Crippen MR) is 142 cm³/mol. The summed E-state index contributed by atoms with van der Waals surface area (Å²) in [7, 11) is 3.94. The average molecular weight is 484 g/mol. The minimum absolute atomic E-state index is 0.0279. The first-order chi connectivity index (χ1) is 17.1. The van der Waals surface area contributed by atoms with Gasteiger partial charge >= 0.3 is 0 Å². The van der Waals surface area contributed by atoms with Crippen LogP contribution >= 0.6 is 0 Å². The molecule has 5 nitrogen and oxygen atoms in total. The van der Waals surface area contributed by atoms with Crippen molar-refractivity contribution in [3.63, 3.8) is 0 Å². The van der Waals surface area contributed by atoms with Crippen LogP contribution in [0.4, 0.5) is 21.5 Å². The maximum atomic E-state index is 14.1. The summed E-state index contributed by atoms with van der Waals surface area (Å²) in [5.74, 6) is -0.674. The van der Waals surface area contributed by atoms with E-state index in [1.807, 2.05) is 67.5 Å². The Morgan fingerprint density at radius 3 is 2.31 bits per heavy atom. The van der Waals surface area contributed by atoms with E-state index < -0.39 is 11.9 Å². The number of nitrogens with zero attached hydrogens (tertiary/aromatic N) is 2. The van der Waals surface area contributed by atoms with Gasteiger partial charge in [-0.25, -0.2) is 4.39 Å². The normalized spacial score (nSPS) is 18.6. The second-order valence-electron chi connectivity index (χ2n) is 10.5. The quantitative estimate of drug-likeness (QED) is 0.472. The summed E-state index contributed by atoms with van der Waals surface area (Å²) in [4.78, 5) is 31.6. The topological polar surface area (TPSA) is 52.7 Å². The van der Waals surface area contributed by atoms with Crippen molar-refractivity contribution < 1.29 is 14.0 Å². The van der Waals surface area contributed by atoms with Gasteiger partial charge in [0, 0.05) is 43.0 Å². The van der Waals surface area contributed by atoms with Crippen LogP contribution in [0.2, 0.25) is 0 Å². The van der Waals surface area contributed by atoms with Gasteiger partial charge in [0.15, 0.2) is 5.78 Å². The zero-order valence-electron chi connectivity index (χ0n) is 21.0. The molecule has 3 aromatic rings. The molecule has 0 bridgehead atoms. The second-order valence-corrected chi connectivity index (χ2v) is 10.5. The molecule has 0 fully saturated rings. The minimum atomic E-state index is -0.631.